The molecule has 1 aliphatic rings. The first-order valence-corrected chi connectivity index (χ1v) is 6.61. The second kappa shape index (κ2) is 4.92. The molecule has 5 heteroatoms. The van der Waals surface area contributed by atoms with Crippen LogP contribution in [-0.4, -0.2) is 24.5 Å². The van der Waals surface area contributed by atoms with Crippen LogP contribution in [0.5, 0.6) is 5.75 Å². The Morgan fingerprint density at radius 1 is 1.40 bits per heavy atom. The maximum atomic E-state index is 12.5. The molecule has 1 aromatic carbocycles. The third-order valence-electron chi connectivity index (χ3n) is 3.59. The molecule has 3 N–H and O–H groups in total. The SMILES string of the molecule is COc1ccc2c(c1)CCCN2C(=O)c1cc(N)c[nH]1. The zero-order chi connectivity index (χ0) is 14.1. The van der Waals surface area contributed by atoms with E-state index in [1.165, 1.54) is 0 Å². The van der Waals surface area contributed by atoms with E-state index in [2.05, 4.69) is 4.98 Å². The monoisotopic (exact) mass is 271 g/mol. The number of H-pyrrole nitrogens is 1. The summed E-state index contributed by atoms with van der Waals surface area (Å²) >= 11 is 0. The lowest BCUT2D eigenvalue weighted by Crippen LogP contribution is -2.35. The molecule has 0 saturated heterocycles. The van der Waals surface area contributed by atoms with Crippen LogP contribution in [0, 0.1) is 0 Å². The molecule has 0 saturated carbocycles. The molecule has 20 heavy (non-hydrogen) atoms. The van der Waals surface area contributed by atoms with E-state index >= 15 is 0 Å². The highest BCUT2D eigenvalue weighted by Crippen LogP contribution is 2.31. The average molecular weight is 271 g/mol. The summed E-state index contributed by atoms with van der Waals surface area (Å²) in [5.41, 5.74) is 8.85. The number of carbonyl (C=O) groups excluding carboxylic acids is 1. The smallest absolute Gasteiger partial charge is 0.274 e. The Balaban J connectivity index is 1.95. The van der Waals surface area contributed by atoms with Crippen molar-refractivity contribution < 1.29 is 9.53 Å². The van der Waals surface area contributed by atoms with Gasteiger partial charge >= 0.3 is 0 Å². The molecule has 3 rings (SSSR count). The van der Waals surface area contributed by atoms with Gasteiger partial charge in [-0.1, -0.05) is 0 Å². The Bertz CT molecular complexity index is 648. The molecule has 2 aromatic rings. The van der Waals surface area contributed by atoms with Gasteiger partial charge in [0.05, 0.1) is 7.11 Å². The van der Waals surface area contributed by atoms with Gasteiger partial charge in [0, 0.05) is 24.1 Å². The minimum Gasteiger partial charge on any atom is -0.497 e. The summed E-state index contributed by atoms with van der Waals surface area (Å²) in [6, 6.07) is 7.49. The molecule has 0 radical (unpaired) electrons. The number of nitrogen functional groups attached to an aromatic ring is 1. The fourth-order valence-electron chi connectivity index (χ4n) is 2.59. The number of hydrogen-bond acceptors (Lipinski definition) is 3. The number of aryl methyl sites for hydroxylation is 1. The number of ether oxygens (including phenoxy) is 1. The summed E-state index contributed by atoms with van der Waals surface area (Å²) in [7, 11) is 1.65. The van der Waals surface area contributed by atoms with E-state index in [0.29, 0.717) is 11.4 Å². The van der Waals surface area contributed by atoms with Gasteiger partial charge in [0.1, 0.15) is 11.4 Å². The van der Waals surface area contributed by atoms with Crippen LogP contribution in [0.25, 0.3) is 0 Å². The molecule has 0 spiro atoms. The third-order valence-corrected chi connectivity index (χ3v) is 3.59. The molecule has 0 bridgehead atoms. The second-order valence-corrected chi connectivity index (χ2v) is 4.90. The van der Waals surface area contributed by atoms with Crippen LogP contribution in [0.15, 0.2) is 30.5 Å². The molecule has 0 unspecified atom stereocenters. The second-order valence-electron chi connectivity index (χ2n) is 4.90. The zero-order valence-corrected chi connectivity index (χ0v) is 11.3. The quantitative estimate of drug-likeness (QED) is 0.879. The summed E-state index contributed by atoms with van der Waals surface area (Å²) in [6.07, 6.45) is 3.54. The molecule has 1 aliphatic heterocycles. The van der Waals surface area contributed by atoms with Gasteiger partial charge in [-0.2, -0.15) is 0 Å². The minimum atomic E-state index is -0.0483. The van der Waals surface area contributed by atoms with Crippen molar-refractivity contribution in [1.82, 2.24) is 4.98 Å². The summed E-state index contributed by atoms with van der Waals surface area (Å²) < 4.78 is 5.24. The van der Waals surface area contributed by atoms with Crippen molar-refractivity contribution in [3.63, 3.8) is 0 Å². The highest BCUT2D eigenvalue weighted by Gasteiger charge is 2.24. The summed E-state index contributed by atoms with van der Waals surface area (Å²) in [6.45, 7) is 0.719. The van der Waals surface area contributed by atoms with E-state index in [9.17, 15) is 4.79 Å². The molecular formula is C15H17N3O2. The maximum Gasteiger partial charge on any atom is 0.274 e. The molecule has 1 amide bonds. The minimum absolute atomic E-state index is 0.0483. The molecular weight excluding hydrogens is 254 g/mol. The van der Waals surface area contributed by atoms with Crippen molar-refractivity contribution in [2.75, 3.05) is 24.3 Å². The molecule has 0 atom stereocenters. The van der Waals surface area contributed by atoms with Gasteiger partial charge in [-0.05, 0) is 42.7 Å². The van der Waals surface area contributed by atoms with E-state index in [1.54, 1.807) is 24.3 Å². The van der Waals surface area contributed by atoms with Gasteiger partial charge in [-0.25, -0.2) is 0 Å². The van der Waals surface area contributed by atoms with Crippen LogP contribution in [0.3, 0.4) is 0 Å². The standard InChI is InChI=1S/C15H17N3O2/c1-20-12-4-5-14-10(7-12)3-2-6-18(14)15(19)13-8-11(16)9-17-13/h4-5,7-9,17H,2-3,6,16H2,1H3. The van der Waals surface area contributed by atoms with E-state index in [4.69, 9.17) is 10.5 Å². The van der Waals surface area contributed by atoms with Crippen molar-refractivity contribution in [2.24, 2.45) is 0 Å². The van der Waals surface area contributed by atoms with Crippen molar-refractivity contribution in [1.29, 1.82) is 0 Å². The van der Waals surface area contributed by atoms with E-state index in [-0.39, 0.29) is 5.91 Å². The van der Waals surface area contributed by atoms with Crippen LogP contribution in [0.1, 0.15) is 22.5 Å². The van der Waals surface area contributed by atoms with Crippen LogP contribution in [0.4, 0.5) is 11.4 Å². The van der Waals surface area contributed by atoms with Gasteiger partial charge in [-0.3, -0.25) is 4.79 Å². The number of methoxy groups -OCH3 is 1. The number of hydrogen-bond donors (Lipinski definition) is 2. The number of benzene rings is 1. The Kier molecular flexibility index (Phi) is 3.10. The number of carbonyl (C=O) groups is 1. The van der Waals surface area contributed by atoms with E-state index < -0.39 is 0 Å². The summed E-state index contributed by atoms with van der Waals surface area (Å²) in [5, 5.41) is 0. The Morgan fingerprint density at radius 2 is 2.25 bits per heavy atom. The van der Waals surface area contributed by atoms with Crippen molar-refractivity contribution in [3.8, 4) is 5.75 Å². The van der Waals surface area contributed by atoms with Gasteiger partial charge in [0.2, 0.25) is 0 Å². The predicted octanol–water partition coefficient (Wildman–Crippen LogP) is 2.20. The lowest BCUT2D eigenvalue weighted by atomic mass is 10.0. The van der Waals surface area contributed by atoms with Crippen LogP contribution >= 0.6 is 0 Å². The van der Waals surface area contributed by atoms with Crippen LogP contribution in [-0.2, 0) is 6.42 Å². The number of rotatable bonds is 2. The highest BCUT2D eigenvalue weighted by molar-refractivity contribution is 6.06. The molecule has 0 fully saturated rings. The summed E-state index contributed by atoms with van der Waals surface area (Å²) in [5.74, 6) is 0.773. The van der Waals surface area contributed by atoms with Crippen LogP contribution in [0.2, 0.25) is 0 Å². The molecule has 0 aliphatic carbocycles. The Hall–Kier alpha value is -2.43. The number of nitrogens with zero attached hydrogens (tertiary/aromatic N) is 1. The number of nitrogens with one attached hydrogen (secondary N) is 1. The van der Waals surface area contributed by atoms with Gasteiger partial charge in [0.15, 0.2) is 0 Å². The number of fused-ring (bicyclic) bond motifs is 1. The average Bonchev–Trinajstić information content (AvgIpc) is 2.91. The third kappa shape index (κ3) is 2.11. The van der Waals surface area contributed by atoms with Gasteiger partial charge in [-0.15, -0.1) is 0 Å². The maximum absolute atomic E-state index is 12.5. The predicted molar refractivity (Wildman–Crippen MR) is 78.2 cm³/mol. The molecule has 1 aromatic heterocycles. The molecule has 104 valence electrons. The van der Waals surface area contributed by atoms with Crippen LogP contribution < -0.4 is 15.4 Å². The largest absolute Gasteiger partial charge is 0.497 e. The number of anilines is 2. The van der Waals surface area contributed by atoms with E-state index in [1.807, 2.05) is 18.2 Å². The highest BCUT2D eigenvalue weighted by atomic mass is 16.5. The zero-order valence-electron chi connectivity index (χ0n) is 11.3. The fraction of sp³-hybridized carbons (Fsp3) is 0.267. The van der Waals surface area contributed by atoms with Gasteiger partial charge < -0.3 is 20.4 Å². The lowest BCUT2D eigenvalue weighted by molar-refractivity contribution is 0.0981. The topological polar surface area (TPSA) is 71.3 Å². The number of aromatic nitrogens is 1. The lowest BCUT2D eigenvalue weighted by Gasteiger charge is -2.29. The number of aromatic amines is 1. The van der Waals surface area contributed by atoms with Crippen molar-refractivity contribution in [3.05, 3.63) is 41.7 Å². The Morgan fingerprint density at radius 3 is 2.95 bits per heavy atom. The first-order chi connectivity index (χ1) is 9.69. The van der Waals surface area contributed by atoms with Gasteiger partial charge in [0.25, 0.3) is 5.91 Å². The number of nitrogens with two attached hydrogens (primary N) is 1. The molecule has 5 nitrogen and oxygen atoms in total. The normalized spacial score (nSPS) is 13.9. The fourth-order valence-corrected chi connectivity index (χ4v) is 2.59. The number of amides is 1. The first kappa shape index (κ1) is 12.6. The van der Waals surface area contributed by atoms with Crippen molar-refractivity contribution >= 4 is 17.3 Å². The first-order valence-electron chi connectivity index (χ1n) is 6.61. The van der Waals surface area contributed by atoms with E-state index in [0.717, 1.165) is 36.4 Å². The molecule has 2 heterocycles. The summed E-state index contributed by atoms with van der Waals surface area (Å²) in [4.78, 5) is 17.2. The van der Waals surface area contributed by atoms with Crippen molar-refractivity contribution in [2.45, 2.75) is 12.8 Å². The Labute approximate surface area is 117 Å².